The van der Waals surface area contributed by atoms with E-state index in [2.05, 4.69) is 20.7 Å². The molecule has 0 aliphatic heterocycles. The van der Waals surface area contributed by atoms with E-state index in [9.17, 15) is 13.2 Å². The molecule has 1 aromatic rings. The third-order valence-electron chi connectivity index (χ3n) is 3.45. The SMILES string of the molecule is O=C(O)c1cc(NS(=O)(=O)C2CCCCC2)ccc1Br. The first kappa shape index (κ1) is 15.3. The van der Waals surface area contributed by atoms with Crippen LogP contribution in [0.25, 0.3) is 0 Å². The normalized spacial score (nSPS) is 16.9. The highest BCUT2D eigenvalue weighted by molar-refractivity contribution is 9.10. The lowest BCUT2D eigenvalue weighted by molar-refractivity contribution is 0.0696. The predicted octanol–water partition coefficient (Wildman–Crippen LogP) is 3.22. The van der Waals surface area contributed by atoms with Crippen LogP contribution in [0.4, 0.5) is 5.69 Å². The van der Waals surface area contributed by atoms with Crippen molar-refractivity contribution in [2.75, 3.05) is 4.72 Å². The number of carboxylic acid groups (broad SMARTS) is 1. The van der Waals surface area contributed by atoms with Crippen LogP contribution in [-0.4, -0.2) is 24.7 Å². The summed E-state index contributed by atoms with van der Waals surface area (Å²) < 4.78 is 27.4. The standard InChI is InChI=1S/C13H16BrNO4S/c14-12-7-6-9(8-11(12)13(16)17)15-20(18,19)10-4-2-1-3-5-10/h6-8,10,15H,1-5H2,(H,16,17). The van der Waals surface area contributed by atoms with E-state index < -0.39 is 16.0 Å². The van der Waals surface area contributed by atoms with Crippen molar-refractivity contribution in [3.8, 4) is 0 Å². The van der Waals surface area contributed by atoms with Gasteiger partial charge in [-0.3, -0.25) is 4.72 Å². The van der Waals surface area contributed by atoms with Crippen molar-refractivity contribution in [1.82, 2.24) is 0 Å². The summed E-state index contributed by atoms with van der Waals surface area (Å²) in [5, 5.41) is 8.65. The number of nitrogens with one attached hydrogen (secondary N) is 1. The van der Waals surface area contributed by atoms with Crippen molar-refractivity contribution in [2.45, 2.75) is 37.4 Å². The van der Waals surface area contributed by atoms with Crippen molar-refractivity contribution < 1.29 is 18.3 Å². The fourth-order valence-corrected chi connectivity index (χ4v) is 4.37. The van der Waals surface area contributed by atoms with Gasteiger partial charge in [0.2, 0.25) is 10.0 Å². The van der Waals surface area contributed by atoms with Crippen LogP contribution in [0, 0.1) is 0 Å². The minimum Gasteiger partial charge on any atom is -0.478 e. The maximum Gasteiger partial charge on any atom is 0.336 e. The molecule has 2 N–H and O–H groups in total. The Morgan fingerprint density at radius 1 is 1.25 bits per heavy atom. The quantitative estimate of drug-likeness (QED) is 0.862. The number of halogens is 1. The van der Waals surface area contributed by atoms with Crippen LogP contribution in [0.3, 0.4) is 0 Å². The molecule has 0 unspecified atom stereocenters. The second kappa shape index (κ2) is 6.13. The number of carboxylic acids is 1. The molecule has 110 valence electrons. The number of sulfonamides is 1. The molecule has 2 rings (SSSR count). The molecule has 1 saturated carbocycles. The number of aromatic carboxylic acids is 1. The number of benzene rings is 1. The summed E-state index contributed by atoms with van der Waals surface area (Å²) in [4.78, 5) is 11.0. The molecule has 0 bridgehead atoms. The topological polar surface area (TPSA) is 83.5 Å². The van der Waals surface area contributed by atoms with Gasteiger partial charge in [0.25, 0.3) is 0 Å². The van der Waals surface area contributed by atoms with Gasteiger partial charge >= 0.3 is 5.97 Å². The van der Waals surface area contributed by atoms with Gasteiger partial charge in [0.05, 0.1) is 10.8 Å². The first-order chi connectivity index (χ1) is 9.40. The Hall–Kier alpha value is -1.08. The molecular weight excluding hydrogens is 346 g/mol. The van der Waals surface area contributed by atoms with Gasteiger partial charge < -0.3 is 5.11 Å². The van der Waals surface area contributed by atoms with E-state index in [1.165, 1.54) is 12.1 Å². The van der Waals surface area contributed by atoms with Crippen LogP contribution < -0.4 is 4.72 Å². The summed E-state index contributed by atoms with van der Waals surface area (Å²) in [6.45, 7) is 0. The van der Waals surface area contributed by atoms with Gasteiger partial charge in [-0.1, -0.05) is 19.3 Å². The van der Waals surface area contributed by atoms with Crippen LogP contribution in [0.15, 0.2) is 22.7 Å². The zero-order valence-corrected chi connectivity index (χ0v) is 13.2. The Morgan fingerprint density at radius 2 is 1.90 bits per heavy atom. The van der Waals surface area contributed by atoms with Crippen LogP contribution in [0.5, 0.6) is 0 Å². The van der Waals surface area contributed by atoms with Gasteiger partial charge in [0, 0.05) is 10.2 Å². The lowest BCUT2D eigenvalue weighted by Gasteiger charge is -2.22. The molecule has 0 amide bonds. The Morgan fingerprint density at radius 3 is 2.50 bits per heavy atom. The molecule has 1 aliphatic rings. The fourth-order valence-electron chi connectivity index (χ4n) is 2.38. The van der Waals surface area contributed by atoms with Gasteiger partial charge in [-0.25, -0.2) is 13.2 Å². The van der Waals surface area contributed by atoms with E-state index in [0.717, 1.165) is 19.3 Å². The summed E-state index contributed by atoms with van der Waals surface area (Å²) in [5.41, 5.74) is 0.324. The minimum atomic E-state index is -3.45. The van der Waals surface area contributed by atoms with Crippen molar-refractivity contribution in [3.63, 3.8) is 0 Å². The van der Waals surface area contributed by atoms with E-state index in [1.807, 2.05) is 0 Å². The lowest BCUT2D eigenvalue weighted by Crippen LogP contribution is -2.29. The summed E-state index contributed by atoms with van der Waals surface area (Å²) in [7, 11) is -3.45. The molecule has 0 heterocycles. The largest absolute Gasteiger partial charge is 0.478 e. The first-order valence-corrected chi connectivity index (χ1v) is 8.78. The Kier molecular flexibility index (Phi) is 4.70. The molecule has 1 aromatic carbocycles. The van der Waals surface area contributed by atoms with Gasteiger partial charge in [-0.05, 0) is 47.0 Å². The minimum absolute atomic E-state index is 0.0360. The zero-order valence-electron chi connectivity index (χ0n) is 10.8. The monoisotopic (exact) mass is 361 g/mol. The number of hydrogen-bond acceptors (Lipinski definition) is 3. The molecule has 20 heavy (non-hydrogen) atoms. The lowest BCUT2D eigenvalue weighted by atomic mass is 10.0. The molecule has 7 heteroatoms. The van der Waals surface area contributed by atoms with E-state index in [4.69, 9.17) is 5.11 Å². The molecule has 0 spiro atoms. The summed E-state index contributed by atoms with van der Waals surface area (Å²) in [6, 6.07) is 4.41. The molecule has 1 fully saturated rings. The Balaban J connectivity index is 2.20. The summed E-state index contributed by atoms with van der Waals surface area (Å²) in [6.07, 6.45) is 4.25. The average molecular weight is 362 g/mol. The molecule has 0 radical (unpaired) electrons. The maximum atomic E-state index is 12.3. The highest BCUT2D eigenvalue weighted by Crippen LogP contribution is 2.27. The molecule has 0 aromatic heterocycles. The molecule has 0 atom stereocenters. The van der Waals surface area contributed by atoms with E-state index >= 15 is 0 Å². The van der Waals surface area contributed by atoms with Crippen LogP contribution >= 0.6 is 15.9 Å². The van der Waals surface area contributed by atoms with Gasteiger partial charge in [-0.15, -0.1) is 0 Å². The van der Waals surface area contributed by atoms with E-state index in [1.54, 1.807) is 6.07 Å². The Bertz CT molecular complexity index is 609. The third kappa shape index (κ3) is 3.52. The van der Waals surface area contributed by atoms with E-state index in [0.29, 0.717) is 17.3 Å². The number of carbonyl (C=O) groups is 1. The first-order valence-electron chi connectivity index (χ1n) is 6.44. The highest BCUT2D eigenvalue weighted by atomic mass is 79.9. The van der Waals surface area contributed by atoms with Crippen molar-refractivity contribution in [1.29, 1.82) is 0 Å². The molecule has 0 saturated heterocycles. The van der Waals surface area contributed by atoms with Gasteiger partial charge in [0.15, 0.2) is 0 Å². The van der Waals surface area contributed by atoms with Crippen molar-refractivity contribution >= 4 is 37.6 Å². The van der Waals surface area contributed by atoms with Gasteiger partial charge in [-0.2, -0.15) is 0 Å². The zero-order chi connectivity index (χ0) is 14.8. The molecular formula is C13H16BrNO4S. The Labute approximate surface area is 126 Å². The van der Waals surface area contributed by atoms with Crippen LogP contribution in [0.2, 0.25) is 0 Å². The summed E-state index contributed by atoms with van der Waals surface area (Å²) in [5.74, 6) is -1.10. The van der Waals surface area contributed by atoms with Crippen molar-refractivity contribution in [3.05, 3.63) is 28.2 Å². The van der Waals surface area contributed by atoms with Gasteiger partial charge in [0.1, 0.15) is 0 Å². The van der Waals surface area contributed by atoms with E-state index in [-0.39, 0.29) is 16.5 Å². The maximum absolute atomic E-state index is 12.3. The fraction of sp³-hybridized carbons (Fsp3) is 0.462. The van der Waals surface area contributed by atoms with Crippen LogP contribution in [-0.2, 0) is 10.0 Å². The summed E-state index contributed by atoms with van der Waals surface area (Å²) >= 11 is 3.13. The third-order valence-corrected chi connectivity index (χ3v) is 6.01. The highest BCUT2D eigenvalue weighted by Gasteiger charge is 2.27. The number of rotatable bonds is 4. The number of hydrogen-bond donors (Lipinski definition) is 2. The second-order valence-corrected chi connectivity index (χ2v) is 7.72. The smallest absolute Gasteiger partial charge is 0.336 e. The second-order valence-electron chi connectivity index (χ2n) is 4.91. The predicted molar refractivity (Wildman–Crippen MR) is 80.5 cm³/mol. The average Bonchev–Trinajstić information content (AvgIpc) is 2.41. The van der Waals surface area contributed by atoms with Crippen molar-refractivity contribution in [2.24, 2.45) is 0 Å². The molecule has 1 aliphatic carbocycles. The number of anilines is 1. The molecule has 5 nitrogen and oxygen atoms in total. The van der Waals surface area contributed by atoms with Crippen LogP contribution in [0.1, 0.15) is 42.5 Å².